The van der Waals surface area contributed by atoms with Gasteiger partial charge in [-0.2, -0.15) is 4.98 Å². The van der Waals surface area contributed by atoms with Crippen LogP contribution in [0.4, 0.5) is 0 Å². The van der Waals surface area contributed by atoms with Crippen LogP contribution in [-0.4, -0.2) is 49.0 Å². The number of pyridine rings is 1. The smallest absolute Gasteiger partial charge is 0.257 e. The van der Waals surface area contributed by atoms with E-state index >= 15 is 0 Å². The Morgan fingerprint density at radius 2 is 1.97 bits per heavy atom. The van der Waals surface area contributed by atoms with Gasteiger partial charge in [0.15, 0.2) is 0 Å². The lowest BCUT2D eigenvalue weighted by atomic mass is 9.90. The van der Waals surface area contributed by atoms with Crippen molar-refractivity contribution in [2.24, 2.45) is 0 Å². The first-order chi connectivity index (χ1) is 14.3. The molecule has 1 amide bonds. The van der Waals surface area contributed by atoms with E-state index in [-0.39, 0.29) is 17.7 Å². The average molecular weight is 388 g/mol. The Morgan fingerprint density at radius 3 is 2.72 bits per heavy atom. The molecule has 5 rings (SSSR count). The van der Waals surface area contributed by atoms with Crippen LogP contribution in [0.25, 0.3) is 11.5 Å². The number of amides is 1. The zero-order valence-electron chi connectivity index (χ0n) is 15.3. The highest BCUT2D eigenvalue weighted by Gasteiger charge is 2.41. The van der Waals surface area contributed by atoms with Gasteiger partial charge in [-0.1, -0.05) is 11.2 Å². The molecule has 0 N–H and O–H groups in total. The molecule has 4 aromatic heterocycles. The van der Waals surface area contributed by atoms with E-state index in [9.17, 15) is 4.79 Å². The maximum Gasteiger partial charge on any atom is 0.257 e. The van der Waals surface area contributed by atoms with Crippen LogP contribution < -0.4 is 0 Å². The van der Waals surface area contributed by atoms with E-state index < -0.39 is 0 Å². The molecule has 144 valence electrons. The largest absolute Gasteiger partial charge is 0.472 e. The van der Waals surface area contributed by atoms with E-state index in [1.54, 1.807) is 35.8 Å². The molecule has 9 nitrogen and oxygen atoms in total. The number of furan rings is 1. The molecule has 0 saturated carbocycles. The molecule has 1 fully saturated rings. The molecular formula is C20H16N6O3. The first kappa shape index (κ1) is 17.2. The van der Waals surface area contributed by atoms with Crippen LogP contribution in [0.15, 0.2) is 70.6 Å². The van der Waals surface area contributed by atoms with Crippen molar-refractivity contribution in [2.75, 3.05) is 13.1 Å². The minimum atomic E-state index is -0.159. The fraction of sp³-hybridized carbons (Fsp3) is 0.200. The quantitative estimate of drug-likeness (QED) is 0.524. The average Bonchev–Trinajstić information content (AvgIpc) is 3.55. The summed E-state index contributed by atoms with van der Waals surface area (Å²) in [6, 6.07) is 5.54. The number of carbonyl (C=O) groups is 1. The molecule has 5 heterocycles. The Bertz CT molecular complexity index is 1100. The first-order valence-electron chi connectivity index (χ1n) is 9.11. The van der Waals surface area contributed by atoms with E-state index in [4.69, 9.17) is 8.94 Å². The maximum atomic E-state index is 12.9. The summed E-state index contributed by atoms with van der Waals surface area (Å²) in [5, 5.41) is 4.06. The minimum Gasteiger partial charge on any atom is -0.472 e. The fourth-order valence-corrected chi connectivity index (χ4v) is 3.63. The molecular weight excluding hydrogens is 372 g/mol. The topological polar surface area (TPSA) is 111 Å². The number of nitrogens with zero attached hydrogens (tertiary/aromatic N) is 6. The third-order valence-corrected chi connectivity index (χ3v) is 5.04. The lowest BCUT2D eigenvalue weighted by molar-refractivity contribution is 0.0787. The normalized spacial score (nSPS) is 18.8. The van der Waals surface area contributed by atoms with Crippen LogP contribution in [0.3, 0.4) is 0 Å². The third kappa shape index (κ3) is 3.27. The van der Waals surface area contributed by atoms with E-state index in [0.29, 0.717) is 36.1 Å². The molecule has 0 aliphatic carbocycles. The van der Waals surface area contributed by atoms with E-state index in [2.05, 4.69) is 25.1 Å². The Morgan fingerprint density at radius 1 is 1.07 bits per heavy atom. The van der Waals surface area contributed by atoms with Crippen molar-refractivity contribution in [2.45, 2.75) is 11.8 Å². The number of likely N-dealkylation sites (tertiary alicyclic amines) is 1. The highest BCUT2D eigenvalue weighted by Crippen LogP contribution is 2.39. The SMILES string of the molecule is O=C(c1ccoc1)N1C[C@@H](c2cccnc2)[C@H](c2nc(-c3cnccn3)no2)C1. The summed E-state index contributed by atoms with van der Waals surface area (Å²) >= 11 is 0. The van der Waals surface area contributed by atoms with Crippen LogP contribution in [0, 0.1) is 0 Å². The summed E-state index contributed by atoms with van der Waals surface area (Å²) in [5.41, 5.74) is 2.06. The predicted molar refractivity (Wildman–Crippen MR) is 99.7 cm³/mol. The lowest BCUT2D eigenvalue weighted by Gasteiger charge is -2.15. The van der Waals surface area contributed by atoms with Crippen molar-refractivity contribution in [3.63, 3.8) is 0 Å². The van der Waals surface area contributed by atoms with Crippen molar-refractivity contribution in [3.05, 3.63) is 78.7 Å². The van der Waals surface area contributed by atoms with Gasteiger partial charge in [-0.3, -0.25) is 14.8 Å². The predicted octanol–water partition coefficient (Wildman–Crippen LogP) is 2.54. The summed E-state index contributed by atoms with van der Waals surface area (Å²) < 4.78 is 10.6. The molecule has 0 spiro atoms. The molecule has 0 unspecified atom stereocenters. The van der Waals surface area contributed by atoms with Crippen molar-refractivity contribution in [1.29, 1.82) is 0 Å². The zero-order chi connectivity index (χ0) is 19.6. The third-order valence-electron chi connectivity index (χ3n) is 5.04. The molecule has 0 aromatic carbocycles. The summed E-state index contributed by atoms with van der Waals surface area (Å²) in [5.74, 6) is 0.561. The number of hydrogen-bond acceptors (Lipinski definition) is 8. The van der Waals surface area contributed by atoms with Crippen molar-refractivity contribution < 1.29 is 13.7 Å². The second-order valence-electron chi connectivity index (χ2n) is 6.77. The van der Waals surface area contributed by atoms with Crippen molar-refractivity contribution in [1.82, 2.24) is 30.0 Å². The second kappa shape index (κ2) is 7.27. The molecule has 1 saturated heterocycles. The van der Waals surface area contributed by atoms with Gasteiger partial charge in [-0.05, 0) is 17.7 Å². The lowest BCUT2D eigenvalue weighted by Crippen LogP contribution is -2.28. The summed E-state index contributed by atoms with van der Waals surface area (Å²) in [6.45, 7) is 0.967. The molecule has 29 heavy (non-hydrogen) atoms. The Kier molecular flexibility index (Phi) is 4.32. The highest BCUT2D eigenvalue weighted by atomic mass is 16.5. The molecule has 1 aliphatic rings. The number of rotatable bonds is 4. The standard InChI is InChI=1S/C20H16N6O3/c27-20(14-3-7-28-12-14)26-10-15(13-2-1-4-21-8-13)16(11-26)19-24-18(25-29-19)17-9-22-5-6-23-17/h1-9,12,15-16H,10-11H2/t15-,16+/m0/s1. The van der Waals surface area contributed by atoms with Crippen LogP contribution in [0.5, 0.6) is 0 Å². The maximum absolute atomic E-state index is 12.9. The van der Waals surface area contributed by atoms with E-state index in [1.165, 1.54) is 12.5 Å². The monoisotopic (exact) mass is 388 g/mol. The van der Waals surface area contributed by atoms with Gasteiger partial charge in [0.25, 0.3) is 5.91 Å². The molecule has 2 atom stereocenters. The van der Waals surface area contributed by atoms with Gasteiger partial charge in [0.2, 0.25) is 11.7 Å². The van der Waals surface area contributed by atoms with Crippen LogP contribution in [0.1, 0.15) is 33.6 Å². The molecule has 0 radical (unpaired) electrons. The first-order valence-corrected chi connectivity index (χ1v) is 9.11. The van der Waals surface area contributed by atoms with Crippen LogP contribution in [-0.2, 0) is 0 Å². The van der Waals surface area contributed by atoms with Crippen LogP contribution >= 0.6 is 0 Å². The molecule has 1 aliphatic heterocycles. The summed E-state index contributed by atoms with van der Waals surface area (Å²) in [4.78, 5) is 31.6. The zero-order valence-corrected chi connectivity index (χ0v) is 15.3. The van der Waals surface area contributed by atoms with Gasteiger partial charge in [-0.25, -0.2) is 4.98 Å². The molecule has 9 heteroatoms. The fourth-order valence-electron chi connectivity index (χ4n) is 3.63. The van der Waals surface area contributed by atoms with Gasteiger partial charge < -0.3 is 13.8 Å². The van der Waals surface area contributed by atoms with Crippen LogP contribution in [0.2, 0.25) is 0 Å². The number of hydrogen-bond donors (Lipinski definition) is 0. The van der Waals surface area contributed by atoms with Gasteiger partial charge in [0.05, 0.1) is 23.9 Å². The Labute approximate surface area is 165 Å². The minimum absolute atomic E-state index is 0.0188. The second-order valence-corrected chi connectivity index (χ2v) is 6.77. The van der Waals surface area contributed by atoms with Gasteiger partial charge in [0, 0.05) is 43.8 Å². The number of carbonyl (C=O) groups excluding carboxylic acids is 1. The van der Waals surface area contributed by atoms with Gasteiger partial charge in [0.1, 0.15) is 12.0 Å². The van der Waals surface area contributed by atoms with Crippen molar-refractivity contribution in [3.8, 4) is 11.5 Å². The summed E-state index contributed by atoms with van der Waals surface area (Å²) in [7, 11) is 0. The molecule has 4 aromatic rings. The molecule has 0 bridgehead atoms. The van der Waals surface area contributed by atoms with Gasteiger partial charge in [-0.15, -0.1) is 0 Å². The highest BCUT2D eigenvalue weighted by molar-refractivity contribution is 5.94. The van der Waals surface area contributed by atoms with Crippen molar-refractivity contribution >= 4 is 5.91 Å². The number of aromatic nitrogens is 5. The summed E-state index contributed by atoms with van der Waals surface area (Å²) in [6.07, 6.45) is 11.2. The Balaban J connectivity index is 1.47. The van der Waals surface area contributed by atoms with E-state index in [1.807, 2.05) is 18.3 Å². The van der Waals surface area contributed by atoms with E-state index in [0.717, 1.165) is 5.56 Å². The van der Waals surface area contributed by atoms with Gasteiger partial charge >= 0.3 is 0 Å². The Hall–Kier alpha value is -3.88.